The van der Waals surface area contributed by atoms with Gasteiger partial charge in [-0.25, -0.2) is 4.79 Å². The first-order valence-corrected chi connectivity index (χ1v) is 5.74. The van der Waals surface area contributed by atoms with Gasteiger partial charge in [-0.2, -0.15) is 0 Å². The first kappa shape index (κ1) is 10.5. The fourth-order valence-electron chi connectivity index (χ4n) is 2.28. The molecule has 0 radical (unpaired) electrons. The van der Waals surface area contributed by atoms with Crippen LogP contribution < -0.4 is 5.32 Å². The molecule has 1 N–H and O–H groups in total. The van der Waals surface area contributed by atoms with Gasteiger partial charge in [0.25, 0.3) is 0 Å². The Morgan fingerprint density at radius 1 is 1.20 bits per heavy atom. The fourth-order valence-corrected chi connectivity index (χ4v) is 2.28. The van der Waals surface area contributed by atoms with Crippen LogP contribution in [0.1, 0.15) is 38.5 Å². The van der Waals surface area contributed by atoms with Gasteiger partial charge in [-0.1, -0.05) is 19.3 Å². The van der Waals surface area contributed by atoms with Crippen LogP contribution >= 0.6 is 0 Å². The summed E-state index contributed by atoms with van der Waals surface area (Å²) in [6, 6.07) is -0.389. The Hall–Kier alpha value is -1.06. The molecule has 4 nitrogen and oxygen atoms in total. The number of esters is 1. The number of hydrogen-bond donors (Lipinski definition) is 1. The first-order valence-electron chi connectivity index (χ1n) is 5.74. The average molecular weight is 211 g/mol. The van der Waals surface area contributed by atoms with Crippen LogP contribution in [0.4, 0.5) is 0 Å². The summed E-state index contributed by atoms with van der Waals surface area (Å²) in [7, 11) is 0. The van der Waals surface area contributed by atoms with Gasteiger partial charge in [0, 0.05) is 12.3 Å². The first-order chi connectivity index (χ1) is 7.27. The van der Waals surface area contributed by atoms with Gasteiger partial charge in [0.05, 0.1) is 6.61 Å². The van der Waals surface area contributed by atoms with Gasteiger partial charge in [-0.15, -0.1) is 0 Å². The van der Waals surface area contributed by atoms with Crippen LogP contribution in [0.2, 0.25) is 0 Å². The third-order valence-corrected chi connectivity index (χ3v) is 3.23. The minimum atomic E-state index is -0.389. The molecule has 1 amide bonds. The van der Waals surface area contributed by atoms with E-state index in [2.05, 4.69) is 5.32 Å². The molecule has 1 heterocycles. The molecule has 1 aliphatic carbocycles. The van der Waals surface area contributed by atoms with Gasteiger partial charge >= 0.3 is 5.97 Å². The highest BCUT2D eigenvalue weighted by Gasteiger charge is 2.30. The van der Waals surface area contributed by atoms with Crippen molar-refractivity contribution >= 4 is 11.9 Å². The summed E-state index contributed by atoms with van der Waals surface area (Å²) >= 11 is 0. The minimum absolute atomic E-state index is 0.0403. The Balaban J connectivity index is 1.82. The van der Waals surface area contributed by atoms with Gasteiger partial charge in [-0.05, 0) is 12.8 Å². The number of cyclic esters (lactones) is 1. The molecule has 0 aromatic heterocycles. The minimum Gasteiger partial charge on any atom is -0.464 e. The van der Waals surface area contributed by atoms with Crippen molar-refractivity contribution < 1.29 is 14.3 Å². The number of carbonyl (C=O) groups excluding carboxylic acids is 2. The van der Waals surface area contributed by atoms with E-state index < -0.39 is 0 Å². The molecule has 15 heavy (non-hydrogen) atoms. The Labute approximate surface area is 89.4 Å². The van der Waals surface area contributed by atoms with E-state index >= 15 is 0 Å². The molecule has 2 rings (SSSR count). The molecule has 84 valence electrons. The molecule has 4 heteroatoms. The van der Waals surface area contributed by atoms with E-state index in [1.54, 1.807) is 0 Å². The van der Waals surface area contributed by atoms with Gasteiger partial charge in [0.1, 0.15) is 6.04 Å². The highest BCUT2D eigenvalue weighted by atomic mass is 16.5. The van der Waals surface area contributed by atoms with Crippen LogP contribution in [0.25, 0.3) is 0 Å². The number of nitrogens with one attached hydrogen (secondary N) is 1. The maximum absolute atomic E-state index is 11.8. The Bertz CT molecular complexity index is 259. The zero-order valence-electron chi connectivity index (χ0n) is 8.83. The number of carbonyl (C=O) groups is 2. The van der Waals surface area contributed by atoms with Crippen molar-refractivity contribution in [2.75, 3.05) is 6.61 Å². The van der Waals surface area contributed by atoms with E-state index in [9.17, 15) is 9.59 Å². The lowest BCUT2D eigenvalue weighted by molar-refractivity contribution is -0.142. The van der Waals surface area contributed by atoms with Gasteiger partial charge in [0.2, 0.25) is 5.91 Å². The van der Waals surface area contributed by atoms with Crippen LogP contribution in [0.3, 0.4) is 0 Å². The van der Waals surface area contributed by atoms with Crippen LogP contribution in [-0.4, -0.2) is 24.5 Å². The second-order valence-corrected chi connectivity index (χ2v) is 4.35. The van der Waals surface area contributed by atoms with E-state index in [1.807, 2.05) is 0 Å². The number of hydrogen-bond acceptors (Lipinski definition) is 3. The molecule has 0 aromatic carbocycles. The summed E-state index contributed by atoms with van der Waals surface area (Å²) in [6.07, 6.45) is 6.05. The maximum Gasteiger partial charge on any atom is 0.328 e. The third-order valence-electron chi connectivity index (χ3n) is 3.23. The average Bonchev–Trinajstić information content (AvgIpc) is 2.66. The lowest BCUT2D eigenvalue weighted by Gasteiger charge is -2.21. The van der Waals surface area contributed by atoms with Gasteiger partial charge < -0.3 is 10.1 Å². The maximum atomic E-state index is 11.8. The monoisotopic (exact) mass is 211 g/mol. The van der Waals surface area contributed by atoms with Crippen molar-refractivity contribution in [1.29, 1.82) is 0 Å². The lowest BCUT2D eigenvalue weighted by Crippen LogP contribution is -2.41. The summed E-state index contributed by atoms with van der Waals surface area (Å²) in [5.41, 5.74) is 0. The number of ether oxygens (including phenoxy) is 1. The second-order valence-electron chi connectivity index (χ2n) is 4.35. The molecule has 1 saturated heterocycles. The third kappa shape index (κ3) is 2.49. The lowest BCUT2D eigenvalue weighted by atomic mass is 9.88. The predicted molar refractivity (Wildman–Crippen MR) is 54.1 cm³/mol. The second kappa shape index (κ2) is 4.64. The van der Waals surface area contributed by atoms with Crippen LogP contribution in [0.5, 0.6) is 0 Å². The smallest absolute Gasteiger partial charge is 0.328 e. The topological polar surface area (TPSA) is 55.4 Å². The van der Waals surface area contributed by atoms with Crippen molar-refractivity contribution in [1.82, 2.24) is 5.32 Å². The largest absolute Gasteiger partial charge is 0.464 e. The quantitative estimate of drug-likeness (QED) is 0.693. The van der Waals surface area contributed by atoms with E-state index in [-0.39, 0.29) is 23.8 Å². The molecule has 1 saturated carbocycles. The van der Waals surface area contributed by atoms with E-state index in [1.165, 1.54) is 6.42 Å². The summed E-state index contributed by atoms with van der Waals surface area (Å²) in [4.78, 5) is 22.9. The molecule has 1 unspecified atom stereocenters. The number of rotatable bonds is 2. The zero-order chi connectivity index (χ0) is 10.7. The van der Waals surface area contributed by atoms with Crippen molar-refractivity contribution in [2.45, 2.75) is 44.6 Å². The summed E-state index contributed by atoms with van der Waals surface area (Å²) in [5, 5.41) is 2.78. The molecular formula is C11H17NO3. The Morgan fingerprint density at radius 3 is 2.53 bits per heavy atom. The van der Waals surface area contributed by atoms with E-state index in [4.69, 9.17) is 4.74 Å². The zero-order valence-corrected chi connectivity index (χ0v) is 8.83. The molecule has 1 atom stereocenters. The van der Waals surface area contributed by atoms with E-state index in [0.29, 0.717) is 13.0 Å². The summed E-state index contributed by atoms with van der Waals surface area (Å²) in [6.45, 7) is 0.439. The molecule has 0 aromatic rings. The van der Waals surface area contributed by atoms with Crippen LogP contribution in [0, 0.1) is 5.92 Å². The fraction of sp³-hybridized carbons (Fsp3) is 0.818. The predicted octanol–water partition coefficient (Wildman–Crippen LogP) is 0.998. The van der Waals surface area contributed by atoms with Gasteiger partial charge in [0.15, 0.2) is 0 Å². The molecule has 1 aliphatic heterocycles. The standard InChI is InChI=1S/C11H17NO3/c13-10(8-4-2-1-3-5-8)12-9-6-7-15-11(9)14/h8-9H,1-7H2,(H,12,13). The number of amides is 1. The highest BCUT2D eigenvalue weighted by molar-refractivity contribution is 5.86. The van der Waals surface area contributed by atoms with Crippen molar-refractivity contribution in [3.8, 4) is 0 Å². The molecular weight excluding hydrogens is 194 g/mol. The normalized spacial score (nSPS) is 27.5. The summed E-state index contributed by atoms with van der Waals surface area (Å²) < 4.78 is 4.80. The Morgan fingerprint density at radius 2 is 1.93 bits per heavy atom. The van der Waals surface area contributed by atoms with E-state index in [0.717, 1.165) is 25.7 Å². The van der Waals surface area contributed by atoms with Crippen LogP contribution in [-0.2, 0) is 14.3 Å². The van der Waals surface area contributed by atoms with Crippen LogP contribution in [0.15, 0.2) is 0 Å². The van der Waals surface area contributed by atoms with Crippen molar-refractivity contribution in [3.05, 3.63) is 0 Å². The molecule has 0 spiro atoms. The van der Waals surface area contributed by atoms with Crippen molar-refractivity contribution in [2.24, 2.45) is 5.92 Å². The molecule has 0 bridgehead atoms. The summed E-state index contributed by atoms with van der Waals surface area (Å²) in [5.74, 6) is -0.121. The Kier molecular flexibility index (Phi) is 3.23. The highest BCUT2D eigenvalue weighted by Crippen LogP contribution is 2.24. The van der Waals surface area contributed by atoms with Crippen molar-refractivity contribution in [3.63, 3.8) is 0 Å². The molecule has 2 fully saturated rings. The molecule has 2 aliphatic rings. The van der Waals surface area contributed by atoms with Gasteiger partial charge in [-0.3, -0.25) is 4.79 Å². The SMILES string of the molecule is O=C(NC1CCOC1=O)C1CCCCC1.